The molecule has 2 aromatic carbocycles. The first kappa shape index (κ1) is 26.5. The summed E-state index contributed by atoms with van der Waals surface area (Å²) in [5.74, 6) is -1.48. The van der Waals surface area contributed by atoms with Gasteiger partial charge in [0.2, 0.25) is 0 Å². The highest BCUT2D eigenvalue weighted by Crippen LogP contribution is 2.40. The largest absolute Gasteiger partial charge is 0.494 e. The Labute approximate surface area is 215 Å². The maximum absolute atomic E-state index is 13.2. The zero-order chi connectivity index (χ0) is 27.6. The summed E-state index contributed by atoms with van der Waals surface area (Å²) >= 11 is 0. The SMILES string of the molecule is CC1(C)OB(c2ccc3c(-c4cc5c(c(OC(F)F)c4)C(=O)N(CC(F)(F)F)CC5)coc3c2)OC1(C)C. The van der Waals surface area contributed by atoms with Gasteiger partial charge >= 0.3 is 19.9 Å². The molecule has 1 aromatic heterocycles. The molecule has 0 N–H and O–H groups in total. The van der Waals surface area contributed by atoms with Crippen LogP contribution in [-0.2, 0) is 15.7 Å². The van der Waals surface area contributed by atoms with Crippen LogP contribution in [0.2, 0.25) is 0 Å². The Hall–Kier alpha value is -3.12. The Balaban J connectivity index is 1.52. The number of hydrogen-bond donors (Lipinski definition) is 0. The fourth-order valence-corrected chi connectivity index (χ4v) is 4.73. The van der Waals surface area contributed by atoms with Crippen LogP contribution in [0.1, 0.15) is 43.6 Å². The highest BCUT2D eigenvalue weighted by Gasteiger charge is 2.51. The van der Waals surface area contributed by atoms with Crippen molar-refractivity contribution in [2.75, 3.05) is 13.1 Å². The predicted molar refractivity (Wildman–Crippen MR) is 130 cm³/mol. The van der Waals surface area contributed by atoms with Gasteiger partial charge in [-0.2, -0.15) is 22.0 Å². The van der Waals surface area contributed by atoms with Gasteiger partial charge in [-0.1, -0.05) is 12.1 Å². The molecule has 1 fully saturated rings. The number of fused-ring (bicyclic) bond motifs is 2. The summed E-state index contributed by atoms with van der Waals surface area (Å²) in [6.45, 7) is 2.82. The van der Waals surface area contributed by atoms with Crippen molar-refractivity contribution in [3.63, 3.8) is 0 Å². The maximum atomic E-state index is 13.2. The van der Waals surface area contributed by atoms with Crippen molar-refractivity contribution in [2.45, 2.75) is 58.1 Å². The third kappa shape index (κ3) is 4.75. The molecule has 12 heteroatoms. The number of benzene rings is 2. The summed E-state index contributed by atoms with van der Waals surface area (Å²) in [5.41, 5.74) is 1.18. The van der Waals surface area contributed by atoms with E-state index < -0.39 is 49.3 Å². The first-order chi connectivity index (χ1) is 17.6. The lowest BCUT2D eigenvalue weighted by Gasteiger charge is -2.32. The van der Waals surface area contributed by atoms with Crippen LogP contribution in [0, 0.1) is 0 Å². The molecule has 2 aliphatic heterocycles. The molecule has 2 aliphatic rings. The van der Waals surface area contributed by atoms with Gasteiger partial charge < -0.3 is 23.4 Å². The smallest absolute Gasteiger partial charge is 0.464 e. The number of amides is 1. The molecule has 0 bridgehead atoms. The van der Waals surface area contributed by atoms with Crippen LogP contribution in [0.5, 0.6) is 5.75 Å². The van der Waals surface area contributed by atoms with E-state index in [1.807, 2.05) is 33.8 Å². The Morgan fingerprint density at radius 3 is 2.39 bits per heavy atom. The summed E-state index contributed by atoms with van der Waals surface area (Å²) in [4.78, 5) is 13.4. The van der Waals surface area contributed by atoms with Gasteiger partial charge in [-0.05, 0) is 68.9 Å². The lowest BCUT2D eigenvalue weighted by Crippen LogP contribution is -2.43. The van der Waals surface area contributed by atoms with Crippen LogP contribution < -0.4 is 10.2 Å². The summed E-state index contributed by atoms with van der Waals surface area (Å²) in [6.07, 6.45) is -3.12. The van der Waals surface area contributed by atoms with E-state index in [1.165, 1.54) is 12.3 Å². The summed E-state index contributed by atoms with van der Waals surface area (Å²) < 4.78 is 87.9. The first-order valence-corrected chi connectivity index (χ1v) is 12.0. The second kappa shape index (κ2) is 8.98. The van der Waals surface area contributed by atoms with Gasteiger partial charge in [0.15, 0.2) is 0 Å². The Morgan fingerprint density at radius 1 is 1.08 bits per heavy atom. The van der Waals surface area contributed by atoms with Crippen molar-refractivity contribution >= 4 is 29.5 Å². The molecule has 0 atom stereocenters. The van der Waals surface area contributed by atoms with Crippen molar-refractivity contribution in [2.24, 2.45) is 0 Å². The molecule has 3 aromatic rings. The molecule has 0 unspecified atom stereocenters. The number of furan rings is 1. The number of hydrogen-bond acceptors (Lipinski definition) is 5. The fourth-order valence-electron chi connectivity index (χ4n) is 4.73. The maximum Gasteiger partial charge on any atom is 0.494 e. The average molecular weight is 537 g/mol. The van der Waals surface area contributed by atoms with Crippen molar-refractivity contribution in [3.05, 3.63) is 47.7 Å². The number of ether oxygens (including phenoxy) is 1. The second-order valence-corrected chi connectivity index (χ2v) is 10.5. The van der Waals surface area contributed by atoms with E-state index in [1.54, 1.807) is 18.2 Å². The minimum Gasteiger partial charge on any atom is -0.464 e. The second-order valence-electron chi connectivity index (χ2n) is 10.5. The number of nitrogens with zero attached hydrogens (tertiary/aromatic N) is 1. The van der Waals surface area contributed by atoms with Crippen molar-refractivity contribution in [3.8, 4) is 16.9 Å². The van der Waals surface area contributed by atoms with Crippen LogP contribution in [0.4, 0.5) is 22.0 Å². The molecular weight excluding hydrogens is 512 g/mol. The van der Waals surface area contributed by atoms with Crippen LogP contribution in [0.15, 0.2) is 41.0 Å². The van der Waals surface area contributed by atoms with Crippen molar-refractivity contribution in [1.82, 2.24) is 4.90 Å². The van der Waals surface area contributed by atoms with E-state index in [0.29, 0.717) is 32.6 Å². The van der Waals surface area contributed by atoms with E-state index in [-0.39, 0.29) is 18.5 Å². The summed E-state index contributed by atoms with van der Waals surface area (Å²) in [5, 5.41) is 0.661. The minimum absolute atomic E-state index is 0.0481. The standard InChI is InChI=1S/C26H25BF5NO5/c1-24(2)25(3,4)38-27(37-24)16-5-6-17-18(12-35-19(17)11-16)15-9-14-7-8-33(13-26(30,31)32)22(34)21(14)20(10-15)36-23(28)29/h5-6,9-12,23H,7-8,13H2,1-4H3. The van der Waals surface area contributed by atoms with Crippen molar-refractivity contribution < 1.29 is 45.2 Å². The first-order valence-electron chi connectivity index (χ1n) is 12.0. The van der Waals surface area contributed by atoms with Crippen LogP contribution >= 0.6 is 0 Å². The quantitative estimate of drug-likeness (QED) is 0.315. The third-order valence-electron chi connectivity index (χ3n) is 7.36. The van der Waals surface area contributed by atoms with E-state index >= 15 is 0 Å². The highest BCUT2D eigenvalue weighted by atomic mass is 19.4. The zero-order valence-corrected chi connectivity index (χ0v) is 21.1. The Morgan fingerprint density at radius 2 is 1.76 bits per heavy atom. The summed E-state index contributed by atoms with van der Waals surface area (Å²) in [7, 11) is -0.613. The number of carbonyl (C=O) groups excluding carboxylic acids is 1. The van der Waals surface area contributed by atoms with Gasteiger partial charge in [0.05, 0.1) is 23.0 Å². The molecule has 0 aliphatic carbocycles. The lowest BCUT2D eigenvalue weighted by molar-refractivity contribution is -0.141. The van der Waals surface area contributed by atoms with Crippen molar-refractivity contribution in [1.29, 1.82) is 0 Å². The predicted octanol–water partition coefficient (Wildman–Crippen LogP) is 5.56. The monoisotopic (exact) mass is 537 g/mol. The van der Waals surface area contributed by atoms with Gasteiger partial charge in [-0.25, -0.2) is 0 Å². The molecule has 1 saturated heterocycles. The third-order valence-corrected chi connectivity index (χ3v) is 7.36. The number of rotatable bonds is 5. The summed E-state index contributed by atoms with van der Waals surface area (Å²) in [6, 6.07) is 8.21. The molecule has 0 radical (unpaired) electrons. The minimum atomic E-state index is -4.62. The molecule has 5 rings (SSSR count). The Bertz CT molecular complexity index is 1380. The number of carbonyl (C=O) groups is 1. The molecule has 202 valence electrons. The van der Waals surface area contributed by atoms with E-state index in [2.05, 4.69) is 4.74 Å². The molecule has 38 heavy (non-hydrogen) atoms. The van der Waals surface area contributed by atoms with Gasteiger partial charge in [-0.15, -0.1) is 0 Å². The van der Waals surface area contributed by atoms with E-state index in [0.717, 1.165) is 5.46 Å². The molecule has 1 amide bonds. The van der Waals surface area contributed by atoms with Gasteiger partial charge in [0.1, 0.15) is 17.9 Å². The normalized spacial score (nSPS) is 18.9. The molecular formula is C26H25BF5NO5. The number of halogens is 5. The van der Waals surface area contributed by atoms with Gasteiger partial charge in [0, 0.05) is 17.5 Å². The van der Waals surface area contributed by atoms with E-state index in [9.17, 15) is 26.7 Å². The average Bonchev–Trinajstić information content (AvgIpc) is 3.31. The molecule has 0 saturated carbocycles. The van der Waals surface area contributed by atoms with Gasteiger partial charge in [-0.3, -0.25) is 4.79 Å². The lowest BCUT2D eigenvalue weighted by atomic mass is 9.78. The van der Waals surface area contributed by atoms with Crippen LogP contribution in [0.3, 0.4) is 0 Å². The number of alkyl halides is 5. The fraction of sp³-hybridized carbons (Fsp3) is 0.423. The van der Waals surface area contributed by atoms with E-state index in [4.69, 9.17) is 13.7 Å². The zero-order valence-electron chi connectivity index (χ0n) is 21.1. The van der Waals surface area contributed by atoms with Gasteiger partial charge in [0.25, 0.3) is 5.91 Å². The topological polar surface area (TPSA) is 61.1 Å². The molecule has 6 nitrogen and oxygen atoms in total. The molecule has 0 spiro atoms. The van der Waals surface area contributed by atoms with Crippen LogP contribution in [0.25, 0.3) is 22.1 Å². The Kier molecular flexibility index (Phi) is 6.26. The molecule has 3 heterocycles. The van der Waals surface area contributed by atoms with Crippen LogP contribution in [-0.4, -0.2) is 55.0 Å². The highest BCUT2D eigenvalue weighted by molar-refractivity contribution is 6.62.